The number of hydrogen-bond acceptors (Lipinski definition) is 3. The van der Waals surface area contributed by atoms with Crippen molar-refractivity contribution < 1.29 is 4.79 Å². The van der Waals surface area contributed by atoms with Crippen molar-refractivity contribution in [1.29, 1.82) is 0 Å². The fraction of sp³-hybridized carbons (Fsp3) is 0.385. The Morgan fingerprint density at radius 3 is 3.11 bits per heavy atom. The lowest BCUT2D eigenvalue weighted by atomic mass is 9.97. The molecule has 94 valence electrons. The number of rotatable bonds is 2. The minimum Gasteiger partial charge on any atom is -0.324 e. The molecule has 2 atom stereocenters. The summed E-state index contributed by atoms with van der Waals surface area (Å²) in [6.07, 6.45) is 1.75. The summed E-state index contributed by atoms with van der Waals surface area (Å²) in [5.74, 6) is 0.503. The summed E-state index contributed by atoms with van der Waals surface area (Å²) < 4.78 is 0. The molecule has 0 bridgehead atoms. The third-order valence-corrected chi connectivity index (χ3v) is 3.59. The summed E-state index contributed by atoms with van der Waals surface area (Å²) in [6.45, 7) is 3.76. The predicted octanol–water partition coefficient (Wildman–Crippen LogP) is 1.36. The SMILES string of the molecule is CC1CNCC1C(=O)Nc1cccc2cn[nH]c12. The van der Waals surface area contributed by atoms with Gasteiger partial charge in [-0.3, -0.25) is 9.89 Å². The monoisotopic (exact) mass is 244 g/mol. The highest BCUT2D eigenvalue weighted by molar-refractivity contribution is 6.01. The molecule has 0 saturated carbocycles. The first-order valence-corrected chi connectivity index (χ1v) is 6.19. The molecule has 3 rings (SSSR count). The third-order valence-electron chi connectivity index (χ3n) is 3.59. The van der Waals surface area contributed by atoms with E-state index < -0.39 is 0 Å². The molecule has 1 aliphatic heterocycles. The number of fused-ring (bicyclic) bond motifs is 1. The van der Waals surface area contributed by atoms with E-state index in [1.165, 1.54) is 0 Å². The Labute approximate surface area is 105 Å². The van der Waals surface area contributed by atoms with Crippen molar-refractivity contribution >= 4 is 22.5 Å². The lowest BCUT2D eigenvalue weighted by Crippen LogP contribution is -2.27. The summed E-state index contributed by atoms with van der Waals surface area (Å²) >= 11 is 0. The Morgan fingerprint density at radius 1 is 1.44 bits per heavy atom. The van der Waals surface area contributed by atoms with Gasteiger partial charge in [0.05, 0.1) is 23.3 Å². The number of hydrogen-bond donors (Lipinski definition) is 3. The molecule has 1 aromatic heterocycles. The van der Waals surface area contributed by atoms with Gasteiger partial charge in [-0.1, -0.05) is 19.1 Å². The van der Waals surface area contributed by atoms with Gasteiger partial charge in [0.15, 0.2) is 0 Å². The fourth-order valence-electron chi connectivity index (χ4n) is 2.46. The van der Waals surface area contributed by atoms with E-state index >= 15 is 0 Å². The van der Waals surface area contributed by atoms with Crippen LogP contribution < -0.4 is 10.6 Å². The molecule has 5 heteroatoms. The summed E-state index contributed by atoms with van der Waals surface area (Å²) in [5, 5.41) is 14.1. The van der Waals surface area contributed by atoms with E-state index in [2.05, 4.69) is 27.8 Å². The maximum absolute atomic E-state index is 12.2. The summed E-state index contributed by atoms with van der Waals surface area (Å²) in [4.78, 5) is 12.2. The Hall–Kier alpha value is -1.88. The van der Waals surface area contributed by atoms with Crippen LogP contribution in [0.2, 0.25) is 0 Å². The molecule has 1 fully saturated rings. The summed E-state index contributed by atoms with van der Waals surface area (Å²) in [7, 11) is 0. The topological polar surface area (TPSA) is 69.8 Å². The second-order valence-electron chi connectivity index (χ2n) is 4.87. The fourth-order valence-corrected chi connectivity index (χ4v) is 2.46. The van der Waals surface area contributed by atoms with Gasteiger partial charge in [-0.2, -0.15) is 5.10 Å². The minimum absolute atomic E-state index is 0.0446. The quantitative estimate of drug-likeness (QED) is 0.747. The van der Waals surface area contributed by atoms with Crippen molar-refractivity contribution in [2.45, 2.75) is 6.92 Å². The van der Waals surface area contributed by atoms with Crippen LogP contribution >= 0.6 is 0 Å². The average molecular weight is 244 g/mol. The molecule has 2 heterocycles. The van der Waals surface area contributed by atoms with Gasteiger partial charge in [0.2, 0.25) is 5.91 Å². The van der Waals surface area contributed by atoms with E-state index in [0.29, 0.717) is 5.92 Å². The number of benzene rings is 1. The molecule has 3 N–H and O–H groups in total. The van der Waals surface area contributed by atoms with E-state index in [9.17, 15) is 4.79 Å². The van der Waals surface area contributed by atoms with Crippen LogP contribution in [-0.4, -0.2) is 29.2 Å². The molecule has 18 heavy (non-hydrogen) atoms. The van der Waals surface area contributed by atoms with Crippen LogP contribution in [0.3, 0.4) is 0 Å². The van der Waals surface area contributed by atoms with Crippen molar-refractivity contribution in [1.82, 2.24) is 15.5 Å². The minimum atomic E-state index is 0.0446. The van der Waals surface area contributed by atoms with Gasteiger partial charge in [-0.25, -0.2) is 0 Å². The molecular weight excluding hydrogens is 228 g/mol. The number of aromatic amines is 1. The average Bonchev–Trinajstić information content (AvgIpc) is 2.97. The van der Waals surface area contributed by atoms with Gasteiger partial charge in [0.1, 0.15) is 0 Å². The highest BCUT2D eigenvalue weighted by atomic mass is 16.1. The number of nitrogens with one attached hydrogen (secondary N) is 3. The number of anilines is 1. The molecule has 1 saturated heterocycles. The lowest BCUT2D eigenvalue weighted by Gasteiger charge is -2.14. The number of nitrogens with zero attached hydrogens (tertiary/aromatic N) is 1. The zero-order valence-corrected chi connectivity index (χ0v) is 10.2. The van der Waals surface area contributed by atoms with Crippen LogP contribution in [0, 0.1) is 11.8 Å². The van der Waals surface area contributed by atoms with E-state index in [1.54, 1.807) is 6.20 Å². The number of carbonyl (C=O) groups excluding carboxylic acids is 1. The maximum atomic E-state index is 12.2. The van der Waals surface area contributed by atoms with Crippen LogP contribution in [0.25, 0.3) is 10.9 Å². The summed E-state index contributed by atoms with van der Waals surface area (Å²) in [5.41, 5.74) is 1.68. The van der Waals surface area contributed by atoms with Gasteiger partial charge in [0.25, 0.3) is 0 Å². The molecular formula is C13H16N4O. The normalized spacial score (nSPS) is 23.4. The molecule has 5 nitrogen and oxygen atoms in total. The standard InChI is InChI=1S/C13H16N4O/c1-8-5-14-7-10(8)13(18)16-11-4-2-3-9-6-15-17-12(9)11/h2-4,6,8,10,14H,5,7H2,1H3,(H,15,17)(H,16,18). The molecule has 1 aliphatic rings. The predicted molar refractivity (Wildman–Crippen MR) is 70.2 cm³/mol. The number of H-pyrrole nitrogens is 1. The molecule has 0 radical (unpaired) electrons. The van der Waals surface area contributed by atoms with Crippen molar-refractivity contribution in [3.8, 4) is 0 Å². The van der Waals surface area contributed by atoms with Crippen LogP contribution in [0.15, 0.2) is 24.4 Å². The molecule has 0 aliphatic carbocycles. The summed E-state index contributed by atoms with van der Waals surface area (Å²) in [6, 6.07) is 5.78. The van der Waals surface area contributed by atoms with Crippen molar-refractivity contribution in [2.75, 3.05) is 18.4 Å². The highest BCUT2D eigenvalue weighted by Crippen LogP contribution is 2.23. The number of aromatic nitrogens is 2. The number of carbonyl (C=O) groups is 1. The number of amides is 1. The Morgan fingerprint density at radius 2 is 2.33 bits per heavy atom. The van der Waals surface area contributed by atoms with Crippen molar-refractivity contribution in [2.24, 2.45) is 11.8 Å². The van der Waals surface area contributed by atoms with Gasteiger partial charge >= 0.3 is 0 Å². The molecule has 0 spiro atoms. The van der Waals surface area contributed by atoms with Gasteiger partial charge in [-0.15, -0.1) is 0 Å². The van der Waals surface area contributed by atoms with E-state index in [0.717, 1.165) is 29.7 Å². The second-order valence-corrected chi connectivity index (χ2v) is 4.87. The first-order valence-electron chi connectivity index (χ1n) is 6.19. The zero-order chi connectivity index (χ0) is 12.5. The lowest BCUT2D eigenvalue weighted by molar-refractivity contribution is -0.120. The van der Waals surface area contributed by atoms with Gasteiger partial charge in [-0.05, 0) is 18.5 Å². The van der Waals surface area contributed by atoms with Crippen LogP contribution in [-0.2, 0) is 4.79 Å². The van der Waals surface area contributed by atoms with Crippen LogP contribution in [0.5, 0.6) is 0 Å². The largest absolute Gasteiger partial charge is 0.324 e. The first-order chi connectivity index (χ1) is 8.75. The van der Waals surface area contributed by atoms with Gasteiger partial charge < -0.3 is 10.6 Å². The first kappa shape index (κ1) is 11.2. The van der Waals surface area contributed by atoms with E-state index in [-0.39, 0.29) is 11.8 Å². The van der Waals surface area contributed by atoms with Crippen molar-refractivity contribution in [3.63, 3.8) is 0 Å². The number of para-hydroxylation sites is 1. The second kappa shape index (κ2) is 4.42. The van der Waals surface area contributed by atoms with Crippen LogP contribution in [0.1, 0.15) is 6.92 Å². The van der Waals surface area contributed by atoms with Crippen LogP contribution in [0.4, 0.5) is 5.69 Å². The molecule has 1 amide bonds. The van der Waals surface area contributed by atoms with E-state index in [1.807, 2.05) is 18.2 Å². The maximum Gasteiger partial charge on any atom is 0.229 e. The highest BCUT2D eigenvalue weighted by Gasteiger charge is 2.29. The smallest absolute Gasteiger partial charge is 0.229 e. The Bertz CT molecular complexity index is 577. The Balaban J connectivity index is 1.84. The molecule has 2 unspecified atom stereocenters. The van der Waals surface area contributed by atoms with E-state index in [4.69, 9.17) is 0 Å². The third kappa shape index (κ3) is 1.86. The van der Waals surface area contributed by atoms with Crippen molar-refractivity contribution in [3.05, 3.63) is 24.4 Å². The molecule has 2 aromatic rings. The Kier molecular flexibility index (Phi) is 2.76. The zero-order valence-electron chi connectivity index (χ0n) is 10.2. The van der Waals surface area contributed by atoms with Gasteiger partial charge in [0, 0.05) is 11.9 Å². The molecule has 1 aromatic carbocycles.